The summed E-state index contributed by atoms with van der Waals surface area (Å²) in [6.45, 7) is 2.88. The molecule has 1 heterocycles. The van der Waals surface area contributed by atoms with E-state index >= 15 is 0 Å². The van der Waals surface area contributed by atoms with Gasteiger partial charge >= 0.3 is 0 Å². The van der Waals surface area contributed by atoms with Crippen molar-refractivity contribution in [3.63, 3.8) is 0 Å². The van der Waals surface area contributed by atoms with Crippen molar-refractivity contribution in [1.82, 2.24) is 4.57 Å². The minimum absolute atomic E-state index is 0.0537. The summed E-state index contributed by atoms with van der Waals surface area (Å²) in [4.78, 5) is 12.7. The molecule has 0 saturated heterocycles. The SMILES string of the molecule is CCn1cc(C(=O)c2ccccc2)c2ccc(OC)cc21. The Morgan fingerprint density at radius 1 is 1.14 bits per heavy atom. The maximum atomic E-state index is 12.7. The number of methoxy groups -OCH3 is 1. The van der Waals surface area contributed by atoms with Crippen molar-refractivity contribution < 1.29 is 9.53 Å². The van der Waals surface area contributed by atoms with E-state index in [0.29, 0.717) is 5.56 Å². The quantitative estimate of drug-likeness (QED) is 0.678. The zero-order valence-corrected chi connectivity index (χ0v) is 12.2. The predicted octanol–water partition coefficient (Wildman–Crippen LogP) is 3.90. The number of ether oxygens (including phenoxy) is 1. The Balaban J connectivity index is 2.17. The highest BCUT2D eigenvalue weighted by molar-refractivity contribution is 6.16. The van der Waals surface area contributed by atoms with Crippen LogP contribution in [0.3, 0.4) is 0 Å². The first-order chi connectivity index (χ1) is 10.2. The molecule has 0 unspecified atom stereocenters. The Labute approximate surface area is 123 Å². The van der Waals surface area contributed by atoms with Crippen LogP contribution in [-0.4, -0.2) is 17.5 Å². The largest absolute Gasteiger partial charge is 0.497 e. The lowest BCUT2D eigenvalue weighted by atomic mass is 10.0. The number of carbonyl (C=O) groups excluding carboxylic acids is 1. The van der Waals surface area contributed by atoms with Crippen LogP contribution < -0.4 is 4.74 Å². The van der Waals surface area contributed by atoms with Gasteiger partial charge in [-0.2, -0.15) is 0 Å². The average molecular weight is 279 g/mol. The first-order valence-corrected chi connectivity index (χ1v) is 7.01. The van der Waals surface area contributed by atoms with Gasteiger partial charge in [0.2, 0.25) is 0 Å². The number of hydrogen-bond donors (Lipinski definition) is 0. The van der Waals surface area contributed by atoms with Crippen LogP contribution in [0.1, 0.15) is 22.8 Å². The molecule has 0 fully saturated rings. The van der Waals surface area contributed by atoms with E-state index in [4.69, 9.17) is 4.74 Å². The van der Waals surface area contributed by atoms with E-state index in [2.05, 4.69) is 11.5 Å². The van der Waals surface area contributed by atoms with Gasteiger partial charge in [0.05, 0.1) is 12.6 Å². The molecule has 2 aromatic carbocycles. The Bertz CT molecular complexity index is 788. The number of rotatable bonds is 4. The van der Waals surface area contributed by atoms with Gasteiger partial charge in [-0.25, -0.2) is 0 Å². The fourth-order valence-corrected chi connectivity index (χ4v) is 2.59. The highest BCUT2D eigenvalue weighted by Gasteiger charge is 2.16. The molecule has 1 aromatic heterocycles. The van der Waals surface area contributed by atoms with Crippen LogP contribution in [0.4, 0.5) is 0 Å². The van der Waals surface area contributed by atoms with Gasteiger partial charge in [-0.1, -0.05) is 30.3 Å². The van der Waals surface area contributed by atoms with Crippen molar-refractivity contribution in [2.75, 3.05) is 7.11 Å². The summed E-state index contributed by atoms with van der Waals surface area (Å²) >= 11 is 0. The first-order valence-electron chi connectivity index (χ1n) is 7.01. The summed E-state index contributed by atoms with van der Waals surface area (Å²) in [5.41, 5.74) is 2.47. The Morgan fingerprint density at radius 3 is 2.57 bits per heavy atom. The second kappa shape index (κ2) is 5.44. The average Bonchev–Trinajstić information content (AvgIpc) is 2.92. The number of nitrogens with zero attached hydrogens (tertiary/aromatic N) is 1. The Kier molecular flexibility index (Phi) is 3.48. The summed E-state index contributed by atoms with van der Waals surface area (Å²) in [6, 6.07) is 15.2. The predicted molar refractivity (Wildman–Crippen MR) is 84.0 cm³/mol. The topological polar surface area (TPSA) is 31.2 Å². The number of aromatic nitrogens is 1. The van der Waals surface area contributed by atoms with Gasteiger partial charge in [0.15, 0.2) is 5.78 Å². The standard InChI is InChI=1S/C18H17NO2/c1-3-19-12-16(18(20)13-7-5-4-6-8-13)15-10-9-14(21-2)11-17(15)19/h4-12H,3H2,1-2H3. The maximum absolute atomic E-state index is 12.7. The number of fused-ring (bicyclic) bond motifs is 1. The zero-order valence-electron chi connectivity index (χ0n) is 12.2. The molecule has 106 valence electrons. The van der Waals surface area contributed by atoms with Gasteiger partial charge < -0.3 is 9.30 Å². The Morgan fingerprint density at radius 2 is 1.90 bits per heavy atom. The highest BCUT2D eigenvalue weighted by atomic mass is 16.5. The van der Waals surface area contributed by atoms with Crippen LogP contribution in [0, 0.1) is 0 Å². The normalized spacial score (nSPS) is 10.8. The molecule has 0 saturated carbocycles. The lowest BCUT2D eigenvalue weighted by Gasteiger charge is -2.03. The first kappa shape index (κ1) is 13.4. The molecule has 0 aliphatic carbocycles. The second-order valence-corrected chi connectivity index (χ2v) is 4.91. The monoisotopic (exact) mass is 279 g/mol. The van der Waals surface area contributed by atoms with Gasteiger partial charge in [-0.15, -0.1) is 0 Å². The van der Waals surface area contributed by atoms with E-state index in [-0.39, 0.29) is 5.78 Å². The van der Waals surface area contributed by atoms with E-state index in [1.807, 2.05) is 54.7 Å². The number of hydrogen-bond acceptors (Lipinski definition) is 2. The van der Waals surface area contributed by atoms with Crippen LogP contribution in [0.2, 0.25) is 0 Å². The molecule has 0 bridgehead atoms. The minimum Gasteiger partial charge on any atom is -0.497 e. The van der Waals surface area contributed by atoms with Gasteiger partial charge in [0.25, 0.3) is 0 Å². The molecule has 0 radical (unpaired) electrons. The van der Waals surface area contributed by atoms with Crippen molar-refractivity contribution in [3.05, 3.63) is 65.9 Å². The van der Waals surface area contributed by atoms with Crippen molar-refractivity contribution in [1.29, 1.82) is 0 Å². The summed E-state index contributed by atoms with van der Waals surface area (Å²) in [7, 11) is 1.65. The smallest absolute Gasteiger partial charge is 0.195 e. The van der Waals surface area contributed by atoms with E-state index in [0.717, 1.165) is 28.8 Å². The molecule has 3 aromatic rings. The third kappa shape index (κ3) is 2.31. The molecule has 0 aliphatic rings. The fourth-order valence-electron chi connectivity index (χ4n) is 2.59. The summed E-state index contributed by atoms with van der Waals surface area (Å²) in [6.07, 6.45) is 1.93. The molecule has 0 N–H and O–H groups in total. The van der Waals surface area contributed by atoms with E-state index < -0.39 is 0 Å². The van der Waals surface area contributed by atoms with Crippen LogP contribution in [0.15, 0.2) is 54.7 Å². The lowest BCUT2D eigenvalue weighted by Crippen LogP contribution is -2.00. The molecule has 0 aliphatic heterocycles. The minimum atomic E-state index is 0.0537. The summed E-state index contributed by atoms with van der Waals surface area (Å²) in [5, 5.41) is 0.964. The molecule has 3 nitrogen and oxygen atoms in total. The molecule has 3 heteroatoms. The van der Waals surface area contributed by atoms with E-state index in [9.17, 15) is 4.79 Å². The van der Waals surface area contributed by atoms with E-state index in [1.165, 1.54) is 0 Å². The lowest BCUT2D eigenvalue weighted by molar-refractivity contribution is 0.104. The van der Waals surface area contributed by atoms with Crippen LogP contribution in [0.25, 0.3) is 10.9 Å². The van der Waals surface area contributed by atoms with Crippen LogP contribution >= 0.6 is 0 Å². The van der Waals surface area contributed by atoms with Gasteiger partial charge in [0.1, 0.15) is 5.75 Å². The number of benzene rings is 2. The molecular weight excluding hydrogens is 262 g/mol. The number of ketones is 1. The number of aryl methyl sites for hydroxylation is 1. The molecule has 21 heavy (non-hydrogen) atoms. The van der Waals surface area contributed by atoms with Crippen molar-refractivity contribution in [3.8, 4) is 5.75 Å². The summed E-state index contributed by atoms with van der Waals surface area (Å²) in [5.74, 6) is 0.854. The maximum Gasteiger partial charge on any atom is 0.195 e. The van der Waals surface area contributed by atoms with Crippen LogP contribution in [0.5, 0.6) is 5.75 Å². The van der Waals surface area contributed by atoms with Crippen LogP contribution in [-0.2, 0) is 6.54 Å². The molecule has 3 rings (SSSR count). The molecule has 0 atom stereocenters. The third-order valence-corrected chi connectivity index (χ3v) is 3.71. The second-order valence-electron chi connectivity index (χ2n) is 4.91. The molecule has 0 amide bonds. The van der Waals surface area contributed by atoms with Crippen molar-refractivity contribution >= 4 is 16.7 Å². The number of carbonyl (C=O) groups is 1. The Hall–Kier alpha value is -2.55. The molecule has 0 spiro atoms. The third-order valence-electron chi connectivity index (χ3n) is 3.71. The van der Waals surface area contributed by atoms with Crippen molar-refractivity contribution in [2.24, 2.45) is 0 Å². The van der Waals surface area contributed by atoms with Crippen molar-refractivity contribution in [2.45, 2.75) is 13.5 Å². The molecular formula is C18H17NO2. The zero-order chi connectivity index (χ0) is 14.8. The van der Waals surface area contributed by atoms with Gasteiger partial charge in [-0.05, 0) is 19.1 Å². The fraction of sp³-hybridized carbons (Fsp3) is 0.167. The summed E-state index contributed by atoms with van der Waals surface area (Å²) < 4.78 is 7.36. The highest BCUT2D eigenvalue weighted by Crippen LogP contribution is 2.27. The van der Waals surface area contributed by atoms with E-state index in [1.54, 1.807) is 7.11 Å². The van der Waals surface area contributed by atoms with Gasteiger partial charge in [-0.3, -0.25) is 4.79 Å². The van der Waals surface area contributed by atoms with Gasteiger partial charge in [0, 0.05) is 35.3 Å².